The van der Waals surface area contributed by atoms with E-state index in [4.69, 9.17) is 5.11 Å². The molecule has 0 amide bonds. The normalized spacial score (nSPS) is 10.9. The van der Waals surface area contributed by atoms with Gasteiger partial charge >= 0.3 is 0 Å². The maximum Gasteiger partial charge on any atom is 0.123 e. The van der Waals surface area contributed by atoms with E-state index in [1.165, 1.54) is 12.1 Å². The molecule has 0 aliphatic heterocycles. The number of benzene rings is 1. The van der Waals surface area contributed by atoms with E-state index in [9.17, 15) is 4.39 Å². The number of unbranched alkanes of at least 4 members (excludes halogenated alkanes) is 1. The Morgan fingerprint density at radius 3 is 2.47 bits per heavy atom. The first-order chi connectivity index (χ1) is 7.22. The van der Waals surface area contributed by atoms with Crippen LogP contribution in [0.25, 0.3) is 0 Å². The van der Waals surface area contributed by atoms with Crippen molar-refractivity contribution in [3.05, 3.63) is 35.6 Å². The van der Waals surface area contributed by atoms with Crippen LogP contribution in [0.5, 0.6) is 0 Å². The number of halogens is 1. The molecule has 0 fully saturated rings. The van der Waals surface area contributed by atoms with E-state index in [0.29, 0.717) is 0 Å². The minimum atomic E-state index is -0.193. The number of aliphatic hydroxyl groups excluding tert-OH is 1. The molecule has 0 aromatic heterocycles. The molecule has 0 radical (unpaired) electrons. The molecule has 0 unspecified atom stereocenters. The Morgan fingerprint density at radius 2 is 1.87 bits per heavy atom. The van der Waals surface area contributed by atoms with Gasteiger partial charge in [-0.05, 0) is 44.1 Å². The first-order valence-electron chi connectivity index (χ1n) is 5.26. The predicted molar refractivity (Wildman–Crippen MR) is 59.1 cm³/mol. The van der Waals surface area contributed by atoms with Crippen LogP contribution in [0.2, 0.25) is 0 Å². The van der Waals surface area contributed by atoms with Gasteiger partial charge in [-0.25, -0.2) is 4.39 Å². The van der Waals surface area contributed by atoms with Crippen molar-refractivity contribution in [3.63, 3.8) is 0 Å². The smallest absolute Gasteiger partial charge is 0.123 e. The molecule has 0 saturated carbocycles. The second kappa shape index (κ2) is 6.53. The molecule has 0 heterocycles. The Balaban J connectivity index is 2.31. The third kappa shape index (κ3) is 4.91. The van der Waals surface area contributed by atoms with Gasteiger partial charge in [0.05, 0.1) is 0 Å². The summed E-state index contributed by atoms with van der Waals surface area (Å²) < 4.78 is 12.6. The molecule has 0 aliphatic carbocycles. The van der Waals surface area contributed by atoms with Crippen molar-refractivity contribution < 1.29 is 9.50 Å². The fourth-order valence-electron chi connectivity index (χ4n) is 1.47. The summed E-state index contributed by atoms with van der Waals surface area (Å²) in [6, 6.07) is 6.57. The number of aliphatic hydroxyl groups is 1. The van der Waals surface area contributed by atoms with E-state index in [0.717, 1.165) is 31.5 Å². The first kappa shape index (κ1) is 12.1. The van der Waals surface area contributed by atoms with E-state index in [1.807, 2.05) is 7.05 Å². The van der Waals surface area contributed by atoms with Crippen LogP contribution in [-0.4, -0.2) is 30.2 Å². The van der Waals surface area contributed by atoms with Crippen LogP contribution in [0.1, 0.15) is 18.4 Å². The van der Waals surface area contributed by atoms with Crippen LogP contribution in [0.3, 0.4) is 0 Å². The summed E-state index contributed by atoms with van der Waals surface area (Å²) in [7, 11) is 2.03. The largest absolute Gasteiger partial charge is 0.396 e. The monoisotopic (exact) mass is 211 g/mol. The maximum absolute atomic E-state index is 12.6. The van der Waals surface area contributed by atoms with Gasteiger partial charge < -0.3 is 10.0 Å². The zero-order valence-corrected chi connectivity index (χ0v) is 9.12. The minimum absolute atomic E-state index is 0.193. The Hall–Kier alpha value is -0.930. The molecule has 0 spiro atoms. The van der Waals surface area contributed by atoms with Gasteiger partial charge in [-0.15, -0.1) is 0 Å². The lowest BCUT2D eigenvalue weighted by atomic mass is 10.2. The highest BCUT2D eigenvalue weighted by molar-refractivity contribution is 5.15. The van der Waals surface area contributed by atoms with Crippen molar-refractivity contribution in [1.82, 2.24) is 4.90 Å². The Labute approximate surface area is 90.3 Å². The third-order valence-electron chi connectivity index (χ3n) is 2.31. The molecule has 1 N–H and O–H groups in total. The molecule has 3 heteroatoms. The lowest BCUT2D eigenvalue weighted by Gasteiger charge is -2.16. The number of rotatable bonds is 6. The highest BCUT2D eigenvalue weighted by Crippen LogP contribution is 2.06. The van der Waals surface area contributed by atoms with E-state index < -0.39 is 0 Å². The molecule has 84 valence electrons. The molecular formula is C12H18FNO. The van der Waals surface area contributed by atoms with Gasteiger partial charge in [0.1, 0.15) is 5.82 Å². The second-order valence-electron chi connectivity index (χ2n) is 3.79. The lowest BCUT2D eigenvalue weighted by molar-refractivity contribution is 0.261. The second-order valence-corrected chi connectivity index (χ2v) is 3.79. The summed E-state index contributed by atoms with van der Waals surface area (Å²) in [5.41, 5.74) is 1.11. The van der Waals surface area contributed by atoms with Gasteiger partial charge in [-0.1, -0.05) is 12.1 Å². The highest BCUT2D eigenvalue weighted by atomic mass is 19.1. The SMILES string of the molecule is CN(CCCCO)Cc1ccc(F)cc1. The predicted octanol–water partition coefficient (Wildman–Crippen LogP) is 2.03. The van der Waals surface area contributed by atoms with Crippen molar-refractivity contribution >= 4 is 0 Å². The molecule has 2 nitrogen and oxygen atoms in total. The minimum Gasteiger partial charge on any atom is -0.396 e. The molecular weight excluding hydrogens is 193 g/mol. The summed E-state index contributed by atoms with van der Waals surface area (Å²) in [5, 5.41) is 8.64. The van der Waals surface area contributed by atoms with Gasteiger partial charge in [0.25, 0.3) is 0 Å². The van der Waals surface area contributed by atoms with Crippen LogP contribution in [0.4, 0.5) is 4.39 Å². The highest BCUT2D eigenvalue weighted by Gasteiger charge is 2.00. The summed E-state index contributed by atoms with van der Waals surface area (Å²) in [6.45, 7) is 2.04. The number of hydrogen-bond donors (Lipinski definition) is 1. The molecule has 1 aromatic carbocycles. The molecule has 1 aromatic rings. The number of nitrogens with zero attached hydrogens (tertiary/aromatic N) is 1. The standard InChI is InChI=1S/C12H18FNO/c1-14(8-2-3-9-15)10-11-4-6-12(13)7-5-11/h4-7,15H,2-3,8-10H2,1H3. The van der Waals surface area contributed by atoms with Crippen LogP contribution in [0.15, 0.2) is 24.3 Å². The fourth-order valence-corrected chi connectivity index (χ4v) is 1.47. The van der Waals surface area contributed by atoms with Crippen LogP contribution in [-0.2, 0) is 6.54 Å². The molecule has 1 rings (SSSR count). The molecule has 15 heavy (non-hydrogen) atoms. The van der Waals surface area contributed by atoms with Crippen molar-refractivity contribution in [1.29, 1.82) is 0 Å². The maximum atomic E-state index is 12.6. The van der Waals surface area contributed by atoms with Crippen LogP contribution >= 0.6 is 0 Å². The lowest BCUT2D eigenvalue weighted by Crippen LogP contribution is -2.19. The average Bonchev–Trinajstić information content (AvgIpc) is 2.22. The van der Waals surface area contributed by atoms with Crippen LogP contribution < -0.4 is 0 Å². The zero-order valence-electron chi connectivity index (χ0n) is 9.12. The van der Waals surface area contributed by atoms with Gasteiger partial charge in [0.2, 0.25) is 0 Å². The molecule has 0 aliphatic rings. The van der Waals surface area contributed by atoms with E-state index in [2.05, 4.69) is 4.90 Å². The van der Waals surface area contributed by atoms with Gasteiger partial charge in [0.15, 0.2) is 0 Å². The van der Waals surface area contributed by atoms with Gasteiger partial charge in [-0.3, -0.25) is 0 Å². The van der Waals surface area contributed by atoms with Crippen molar-refractivity contribution in [3.8, 4) is 0 Å². The van der Waals surface area contributed by atoms with Gasteiger partial charge in [-0.2, -0.15) is 0 Å². The topological polar surface area (TPSA) is 23.5 Å². The summed E-state index contributed by atoms with van der Waals surface area (Å²) >= 11 is 0. The molecule has 0 atom stereocenters. The summed E-state index contributed by atoms with van der Waals surface area (Å²) in [5.74, 6) is -0.193. The summed E-state index contributed by atoms with van der Waals surface area (Å²) in [6.07, 6.45) is 1.84. The van der Waals surface area contributed by atoms with E-state index in [1.54, 1.807) is 12.1 Å². The molecule has 0 bridgehead atoms. The molecule has 0 saturated heterocycles. The van der Waals surface area contributed by atoms with Crippen molar-refractivity contribution in [2.75, 3.05) is 20.2 Å². The van der Waals surface area contributed by atoms with Crippen LogP contribution in [0, 0.1) is 5.82 Å². The zero-order chi connectivity index (χ0) is 11.1. The fraction of sp³-hybridized carbons (Fsp3) is 0.500. The van der Waals surface area contributed by atoms with Gasteiger partial charge in [0, 0.05) is 13.2 Å². The Morgan fingerprint density at radius 1 is 1.20 bits per heavy atom. The third-order valence-corrected chi connectivity index (χ3v) is 2.31. The quantitative estimate of drug-likeness (QED) is 0.728. The van der Waals surface area contributed by atoms with Crippen molar-refractivity contribution in [2.45, 2.75) is 19.4 Å². The average molecular weight is 211 g/mol. The van der Waals surface area contributed by atoms with E-state index in [-0.39, 0.29) is 12.4 Å². The van der Waals surface area contributed by atoms with Crippen molar-refractivity contribution in [2.24, 2.45) is 0 Å². The Bertz CT molecular complexity index is 273. The van der Waals surface area contributed by atoms with E-state index >= 15 is 0 Å². The first-order valence-corrected chi connectivity index (χ1v) is 5.26. The number of hydrogen-bond acceptors (Lipinski definition) is 2. The summed E-state index contributed by atoms with van der Waals surface area (Å²) in [4.78, 5) is 2.17. The Kier molecular flexibility index (Phi) is 5.29.